The Labute approximate surface area is 143 Å². The molecule has 0 aliphatic carbocycles. The third kappa shape index (κ3) is 3.75. The highest BCUT2D eigenvalue weighted by Gasteiger charge is 2.19. The van der Waals surface area contributed by atoms with Crippen LogP contribution in [0.5, 0.6) is 5.88 Å². The Hall–Kier alpha value is -2.36. The molecule has 1 aromatic carbocycles. The molecule has 1 aromatic heterocycles. The van der Waals surface area contributed by atoms with Crippen LogP contribution in [0.2, 0.25) is 0 Å². The molecule has 1 amide bonds. The number of benzene rings is 1. The first-order valence-electron chi connectivity index (χ1n) is 8.59. The van der Waals surface area contributed by atoms with Crippen LogP contribution in [0.1, 0.15) is 30.5 Å². The molecule has 1 fully saturated rings. The molecule has 3 rings (SSSR count). The van der Waals surface area contributed by atoms with E-state index in [2.05, 4.69) is 30.1 Å². The molecule has 4 heteroatoms. The van der Waals surface area contributed by atoms with Crippen molar-refractivity contribution in [3.63, 3.8) is 0 Å². The SMILES string of the molecule is Cc1ccccc1-c1ccc(OCCCN2CCCC2=O)nc1C. The maximum Gasteiger partial charge on any atom is 0.222 e. The summed E-state index contributed by atoms with van der Waals surface area (Å²) in [5.41, 5.74) is 4.56. The summed E-state index contributed by atoms with van der Waals surface area (Å²) in [4.78, 5) is 18.0. The molecule has 24 heavy (non-hydrogen) atoms. The second-order valence-electron chi connectivity index (χ2n) is 6.28. The van der Waals surface area contributed by atoms with Crippen LogP contribution < -0.4 is 4.74 Å². The fourth-order valence-corrected chi connectivity index (χ4v) is 3.15. The van der Waals surface area contributed by atoms with Gasteiger partial charge in [0.05, 0.1) is 6.61 Å². The zero-order chi connectivity index (χ0) is 16.9. The van der Waals surface area contributed by atoms with Crippen LogP contribution in [0, 0.1) is 13.8 Å². The average Bonchev–Trinajstić information content (AvgIpc) is 2.98. The number of aromatic nitrogens is 1. The molecular weight excluding hydrogens is 300 g/mol. The molecule has 0 unspecified atom stereocenters. The first-order chi connectivity index (χ1) is 11.6. The largest absolute Gasteiger partial charge is 0.478 e. The van der Waals surface area contributed by atoms with Gasteiger partial charge < -0.3 is 9.64 Å². The molecule has 0 atom stereocenters. The lowest BCUT2D eigenvalue weighted by molar-refractivity contribution is -0.127. The Morgan fingerprint density at radius 2 is 1.96 bits per heavy atom. The maximum absolute atomic E-state index is 11.6. The van der Waals surface area contributed by atoms with Crippen molar-refractivity contribution in [1.29, 1.82) is 0 Å². The normalized spacial score (nSPS) is 14.2. The second kappa shape index (κ2) is 7.47. The van der Waals surface area contributed by atoms with E-state index >= 15 is 0 Å². The molecule has 0 N–H and O–H groups in total. The summed E-state index contributed by atoms with van der Waals surface area (Å²) in [6.45, 7) is 6.37. The number of hydrogen-bond donors (Lipinski definition) is 0. The summed E-state index contributed by atoms with van der Waals surface area (Å²) in [7, 11) is 0. The van der Waals surface area contributed by atoms with Crippen LogP contribution in [0.15, 0.2) is 36.4 Å². The van der Waals surface area contributed by atoms with Gasteiger partial charge in [-0.1, -0.05) is 24.3 Å². The predicted molar refractivity (Wildman–Crippen MR) is 95.1 cm³/mol. The van der Waals surface area contributed by atoms with Gasteiger partial charge in [0.2, 0.25) is 11.8 Å². The monoisotopic (exact) mass is 324 g/mol. The third-order valence-corrected chi connectivity index (χ3v) is 4.49. The van der Waals surface area contributed by atoms with Gasteiger partial charge in [0, 0.05) is 36.8 Å². The standard InChI is InChI=1S/C20H24N2O2/c1-15-7-3-4-8-17(15)18-10-11-19(21-16(18)2)24-14-6-13-22-12-5-9-20(22)23/h3-4,7-8,10-11H,5-6,9,12-14H2,1-2H3. The van der Waals surface area contributed by atoms with Crippen molar-refractivity contribution in [2.24, 2.45) is 0 Å². The van der Waals surface area contributed by atoms with E-state index in [0.29, 0.717) is 18.9 Å². The molecular formula is C20H24N2O2. The van der Waals surface area contributed by atoms with E-state index in [1.165, 1.54) is 11.1 Å². The maximum atomic E-state index is 11.6. The molecule has 1 aliphatic heterocycles. The lowest BCUT2D eigenvalue weighted by atomic mass is 10.00. The Morgan fingerprint density at radius 1 is 1.12 bits per heavy atom. The van der Waals surface area contributed by atoms with Crippen LogP contribution >= 0.6 is 0 Å². The van der Waals surface area contributed by atoms with Crippen molar-refractivity contribution in [2.45, 2.75) is 33.1 Å². The van der Waals surface area contributed by atoms with Gasteiger partial charge in [0.1, 0.15) is 0 Å². The van der Waals surface area contributed by atoms with Gasteiger partial charge in [-0.25, -0.2) is 4.98 Å². The predicted octanol–water partition coefficient (Wildman–Crippen LogP) is 3.76. The fourth-order valence-electron chi connectivity index (χ4n) is 3.15. The first kappa shape index (κ1) is 16.5. The van der Waals surface area contributed by atoms with Crippen LogP contribution in [-0.4, -0.2) is 35.5 Å². The van der Waals surface area contributed by atoms with Crippen molar-refractivity contribution in [3.8, 4) is 17.0 Å². The fraction of sp³-hybridized carbons (Fsp3) is 0.400. The summed E-state index contributed by atoms with van der Waals surface area (Å²) in [5.74, 6) is 0.920. The summed E-state index contributed by atoms with van der Waals surface area (Å²) in [6, 6.07) is 12.3. The molecule has 0 bridgehead atoms. The molecule has 0 saturated carbocycles. The highest BCUT2D eigenvalue weighted by atomic mass is 16.5. The number of carbonyl (C=O) groups is 1. The number of aryl methyl sites for hydroxylation is 2. The first-order valence-corrected chi connectivity index (χ1v) is 8.59. The molecule has 2 aromatic rings. The van der Waals surface area contributed by atoms with E-state index < -0.39 is 0 Å². The summed E-state index contributed by atoms with van der Waals surface area (Å²) < 4.78 is 5.75. The lowest BCUT2D eigenvalue weighted by Crippen LogP contribution is -2.26. The smallest absolute Gasteiger partial charge is 0.222 e. The van der Waals surface area contributed by atoms with Gasteiger partial charge in [-0.2, -0.15) is 0 Å². The van der Waals surface area contributed by atoms with Crippen molar-refractivity contribution >= 4 is 5.91 Å². The Bertz CT molecular complexity index is 727. The van der Waals surface area contributed by atoms with E-state index in [-0.39, 0.29) is 5.91 Å². The number of hydrogen-bond acceptors (Lipinski definition) is 3. The minimum absolute atomic E-state index is 0.270. The van der Waals surface area contributed by atoms with E-state index in [1.807, 2.05) is 30.0 Å². The van der Waals surface area contributed by atoms with Gasteiger partial charge in [0.25, 0.3) is 0 Å². The van der Waals surface area contributed by atoms with Crippen molar-refractivity contribution < 1.29 is 9.53 Å². The number of amides is 1. The zero-order valence-corrected chi connectivity index (χ0v) is 14.4. The average molecular weight is 324 g/mol. The molecule has 2 heterocycles. The van der Waals surface area contributed by atoms with Gasteiger partial charge in [-0.15, -0.1) is 0 Å². The van der Waals surface area contributed by atoms with Crippen molar-refractivity contribution in [2.75, 3.05) is 19.7 Å². The molecule has 1 saturated heterocycles. The number of likely N-dealkylation sites (tertiary alicyclic amines) is 1. The zero-order valence-electron chi connectivity index (χ0n) is 14.4. The molecule has 4 nitrogen and oxygen atoms in total. The van der Waals surface area contributed by atoms with Crippen molar-refractivity contribution in [1.82, 2.24) is 9.88 Å². The molecule has 0 spiro atoms. The lowest BCUT2D eigenvalue weighted by Gasteiger charge is -2.15. The van der Waals surface area contributed by atoms with Crippen LogP contribution in [0.3, 0.4) is 0 Å². The number of pyridine rings is 1. The molecule has 1 aliphatic rings. The molecule has 126 valence electrons. The minimum atomic E-state index is 0.270. The summed E-state index contributed by atoms with van der Waals surface area (Å²) in [6.07, 6.45) is 2.52. The van der Waals surface area contributed by atoms with Gasteiger partial charge >= 0.3 is 0 Å². The van der Waals surface area contributed by atoms with Crippen molar-refractivity contribution in [3.05, 3.63) is 47.7 Å². The topological polar surface area (TPSA) is 42.4 Å². The number of nitrogens with zero attached hydrogens (tertiary/aromatic N) is 2. The summed E-state index contributed by atoms with van der Waals surface area (Å²) in [5, 5.41) is 0. The highest BCUT2D eigenvalue weighted by Crippen LogP contribution is 2.27. The number of ether oxygens (including phenoxy) is 1. The third-order valence-electron chi connectivity index (χ3n) is 4.49. The van der Waals surface area contributed by atoms with E-state index in [0.717, 1.165) is 37.2 Å². The van der Waals surface area contributed by atoms with Gasteiger partial charge in [-0.05, 0) is 43.9 Å². The van der Waals surface area contributed by atoms with E-state index in [9.17, 15) is 4.79 Å². The van der Waals surface area contributed by atoms with E-state index in [1.54, 1.807) is 0 Å². The second-order valence-corrected chi connectivity index (χ2v) is 6.28. The van der Waals surface area contributed by atoms with Crippen LogP contribution in [0.4, 0.5) is 0 Å². The Balaban J connectivity index is 1.57. The minimum Gasteiger partial charge on any atom is -0.478 e. The quantitative estimate of drug-likeness (QED) is 0.760. The Kier molecular flexibility index (Phi) is 5.14. The Morgan fingerprint density at radius 3 is 2.67 bits per heavy atom. The molecule has 0 radical (unpaired) electrons. The van der Waals surface area contributed by atoms with E-state index in [4.69, 9.17) is 4.74 Å². The number of rotatable bonds is 6. The highest BCUT2D eigenvalue weighted by molar-refractivity contribution is 5.78. The number of carbonyl (C=O) groups excluding carboxylic acids is 1. The van der Waals surface area contributed by atoms with Crippen LogP contribution in [0.25, 0.3) is 11.1 Å². The van der Waals surface area contributed by atoms with Gasteiger partial charge in [-0.3, -0.25) is 4.79 Å². The summed E-state index contributed by atoms with van der Waals surface area (Å²) >= 11 is 0. The van der Waals surface area contributed by atoms with Crippen LogP contribution in [-0.2, 0) is 4.79 Å². The van der Waals surface area contributed by atoms with Gasteiger partial charge in [0.15, 0.2) is 0 Å².